The smallest absolute Gasteiger partial charge is 0.226 e. The van der Waals surface area contributed by atoms with Gasteiger partial charge in [0.1, 0.15) is 5.82 Å². The first kappa shape index (κ1) is 11.1. The Morgan fingerprint density at radius 3 is 2.44 bits per heavy atom. The molecule has 16 heavy (non-hydrogen) atoms. The Morgan fingerprint density at radius 1 is 1.25 bits per heavy atom. The zero-order valence-corrected chi connectivity index (χ0v) is 10.5. The van der Waals surface area contributed by atoms with E-state index in [0.717, 1.165) is 11.1 Å². The zero-order chi connectivity index (χ0) is 12.1. The molecule has 0 saturated heterocycles. The number of anilines is 1. The average Bonchev–Trinajstić information content (AvgIpc) is 2.43. The van der Waals surface area contributed by atoms with E-state index in [1.807, 2.05) is 7.05 Å². The summed E-state index contributed by atoms with van der Waals surface area (Å²) in [7, 11) is 1.82. The van der Waals surface area contributed by atoms with E-state index < -0.39 is 0 Å². The van der Waals surface area contributed by atoms with Crippen molar-refractivity contribution in [2.24, 2.45) is 7.05 Å². The number of hydrogen-bond donors (Lipinski definition) is 1. The van der Waals surface area contributed by atoms with Gasteiger partial charge in [0.15, 0.2) is 5.65 Å². The fraction of sp³-hybridized carbons (Fsp3) is 0.500. The normalized spacial score (nSPS) is 12.3. The SMILES string of the molecule is Cn1nc(C(C)(C)C)c2c(N)nc(Cl)nc21. The van der Waals surface area contributed by atoms with Gasteiger partial charge in [-0.05, 0) is 11.6 Å². The summed E-state index contributed by atoms with van der Waals surface area (Å²) in [5.74, 6) is 0.382. The highest BCUT2D eigenvalue weighted by molar-refractivity contribution is 6.28. The summed E-state index contributed by atoms with van der Waals surface area (Å²) in [6.07, 6.45) is 0. The highest BCUT2D eigenvalue weighted by Crippen LogP contribution is 2.31. The minimum Gasteiger partial charge on any atom is -0.383 e. The largest absolute Gasteiger partial charge is 0.383 e. The summed E-state index contributed by atoms with van der Waals surface area (Å²) in [5.41, 5.74) is 7.33. The maximum absolute atomic E-state index is 5.88. The van der Waals surface area contributed by atoms with Crippen LogP contribution >= 0.6 is 11.6 Å². The number of fused-ring (bicyclic) bond motifs is 1. The molecule has 2 aromatic rings. The van der Waals surface area contributed by atoms with Gasteiger partial charge in [0.2, 0.25) is 5.28 Å². The molecule has 0 aliphatic heterocycles. The van der Waals surface area contributed by atoms with Crippen molar-refractivity contribution in [1.29, 1.82) is 0 Å². The van der Waals surface area contributed by atoms with Gasteiger partial charge in [-0.3, -0.25) is 0 Å². The molecule has 2 rings (SSSR count). The third-order valence-corrected chi connectivity index (χ3v) is 2.56. The van der Waals surface area contributed by atoms with Gasteiger partial charge in [0, 0.05) is 12.5 Å². The number of aryl methyl sites for hydroxylation is 1. The van der Waals surface area contributed by atoms with Crippen molar-refractivity contribution < 1.29 is 0 Å². The lowest BCUT2D eigenvalue weighted by Crippen LogP contribution is -2.13. The van der Waals surface area contributed by atoms with Crippen molar-refractivity contribution >= 4 is 28.5 Å². The van der Waals surface area contributed by atoms with E-state index in [4.69, 9.17) is 17.3 Å². The monoisotopic (exact) mass is 239 g/mol. The number of nitrogens with two attached hydrogens (primary N) is 1. The number of rotatable bonds is 0. The molecule has 2 aromatic heterocycles. The maximum atomic E-state index is 5.88. The van der Waals surface area contributed by atoms with E-state index in [1.54, 1.807) is 4.68 Å². The van der Waals surface area contributed by atoms with Gasteiger partial charge >= 0.3 is 0 Å². The van der Waals surface area contributed by atoms with Crippen LogP contribution < -0.4 is 5.73 Å². The summed E-state index contributed by atoms with van der Waals surface area (Å²) in [5, 5.41) is 5.38. The number of hydrogen-bond acceptors (Lipinski definition) is 4. The van der Waals surface area contributed by atoms with Crippen LogP contribution in [0, 0.1) is 0 Å². The number of nitrogen functional groups attached to an aromatic ring is 1. The van der Waals surface area contributed by atoms with Crippen LogP contribution in [0.2, 0.25) is 5.28 Å². The minimum absolute atomic E-state index is 0.106. The molecule has 0 fully saturated rings. The molecule has 0 radical (unpaired) electrons. The molecule has 0 aliphatic carbocycles. The summed E-state index contributed by atoms with van der Waals surface area (Å²) in [6.45, 7) is 6.22. The Hall–Kier alpha value is -1.36. The Kier molecular flexibility index (Phi) is 2.31. The topological polar surface area (TPSA) is 69.6 Å². The van der Waals surface area contributed by atoms with Crippen molar-refractivity contribution in [3.8, 4) is 0 Å². The molecule has 0 atom stereocenters. The quantitative estimate of drug-likeness (QED) is 0.713. The fourth-order valence-electron chi connectivity index (χ4n) is 1.67. The van der Waals surface area contributed by atoms with Crippen molar-refractivity contribution in [2.45, 2.75) is 26.2 Å². The summed E-state index contributed by atoms with van der Waals surface area (Å²) in [6, 6.07) is 0. The van der Waals surface area contributed by atoms with Crippen molar-refractivity contribution in [2.75, 3.05) is 5.73 Å². The molecule has 0 aliphatic rings. The average molecular weight is 240 g/mol. The molecule has 0 amide bonds. The summed E-state index contributed by atoms with van der Waals surface area (Å²) < 4.78 is 1.68. The first-order valence-corrected chi connectivity index (χ1v) is 5.34. The van der Waals surface area contributed by atoms with Crippen LogP contribution in [-0.2, 0) is 12.5 Å². The highest BCUT2D eigenvalue weighted by atomic mass is 35.5. The molecule has 0 spiro atoms. The molecule has 0 bridgehead atoms. The zero-order valence-electron chi connectivity index (χ0n) is 9.74. The molecule has 5 nitrogen and oxygen atoms in total. The predicted octanol–water partition coefficient (Wildman–Crippen LogP) is 1.90. The second-order valence-electron chi connectivity index (χ2n) is 4.80. The second kappa shape index (κ2) is 3.31. The lowest BCUT2D eigenvalue weighted by atomic mass is 9.90. The predicted molar refractivity (Wildman–Crippen MR) is 64.4 cm³/mol. The summed E-state index contributed by atoms with van der Waals surface area (Å²) >= 11 is 5.78. The van der Waals surface area contributed by atoms with Gasteiger partial charge in [-0.15, -0.1) is 0 Å². The van der Waals surface area contributed by atoms with Gasteiger partial charge in [0.05, 0.1) is 11.1 Å². The highest BCUT2D eigenvalue weighted by Gasteiger charge is 2.24. The Morgan fingerprint density at radius 2 is 1.88 bits per heavy atom. The number of aromatic nitrogens is 4. The molecular formula is C10H14ClN5. The fourth-order valence-corrected chi connectivity index (χ4v) is 1.84. The third-order valence-electron chi connectivity index (χ3n) is 2.39. The van der Waals surface area contributed by atoms with Gasteiger partial charge in [-0.25, -0.2) is 9.67 Å². The van der Waals surface area contributed by atoms with Crippen LogP contribution in [0.15, 0.2) is 0 Å². The Bertz CT molecular complexity index is 552. The van der Waals surface area contributed by atoms with Gasteiger partial charge in [-0.2, -0.15) is 10.1 Å². The summed E-state index contributed by atoms with van der Waals surface area (Å²) in [4.78, 5) is 8.11. The lowest BCUT2D eigenvalue weighted by molar-refractivity contribution is 0.558. The van der Waals surface area contributed by atoms with Crippen molar-refractivity contribution in [1.82, 2.24) is 19.7 Å². The number of halogens is 1. The number of nitrogens with zero attached hydrogens (tertiary/aromatic N) is 4. The molecule has 0 aromatic carbocycles. The van der Waals surface area contributed by atoms with Gasteiger partial charge in [0.25, 0.3) is 0 Å². The van der Waals surface area contributed by atoms with Crippen LogP contribution in [-0.4, -0.2) is 19.7 Å². The first-order valence-electron chi connectivity index (χ1n) is 4.97. The molecule has 0 unspecified atom stereocenters. The van der Waals surface area contributed by atoms with Crippen LogP contribution in [0.25, 0.3) is 11.0 Å². The standard InChI is InChI=1S/C10H14ClN5/c1-10(2,3)6-5-7(12)13-9(11)14-8(5)16(4)15-6/h1-4H3,(H2,12,13,14). The maximum Gasteiger partial charge on any atom is 0.226 e. The molecule has 2 N–H and O–H groups in total. The van der Waals surface area contributed by atoms with E-state index >= 15 is 0 Å². The lowest BCUT2D eigenvalue weighted by Gasteiger charge is -2.15. The Labute approximate surface area is 98.6 Å². The Balaban J connectivity index is 2.89. The molecule has 6 heteroatoms. The van der Waals surface area contributed by atoms with Crippen LogP contribution in [0.1, 0.15) is 26.5 Å². The van der Waals surface area contributed by atoms with Crippen LogP contribution in [0.3, 0.4) is 0 Å². The second-order valence-corrected chi connectivity index (χ2v) is 5.14. The van der Waals surface area contributed by atoms with Crippen molar-refractivity contribution in [3.05, 3.63) is 11.0 Å². The van der Waals surface area contributed by atoms with E-state index in [2.05, 4.69) is 35.8 Å². The first-order chi connectivity index (χ1) is 7.30. The van der Waals surface area contributed by atoms with Crippen LogP contribution in [0.4, 0.5) is 5.82 Å². The molecule has 0 saturated carbocycles. The molecule has 86 valence electrons. The minimum atomic E-state index is -0.106. The van der Waals surface area contributed by atoms with Gasteiger partial charge in [-0.1, -0.05) is 20.8 Å². The van der Waals surface area contributed by atoms with Crippen molar-refractivity contribution in [3.63, 3.8) is 0 Å². The third kappa shape index (κ3) is 1.61. The van der Waals surface area contributed by atoms with E-state index in [-0.39, 0.29) is 10.7 Å². The molecular weight excluding hydrogens is 226 g/mol. The molecule has 2 heterocycles. The van der Waals surface area contributed by atoms with E-state index in [0.29, 0.717) is 11.5 Å². The van der Waals surface area contributed by atoms with E-state index in [1.165, 1.54) is 0 Å². The van der Waals surface area contributed by atoms with Crippen LogP contribution in [0.5, 0.6) is 0 Å². The van der Waals surface area contributed by atoms with Gasteiger partial charge < -0.3 is 5.73 Å². The van der Waals surface area contributed by atoms with E-state index in [9.17, 15) is 0 Å².